The van der Waals surface area contributed by atoms with Gasteiger partial charge in [-0.1, -0.05) is 0 Å². The van der Waals surface area contributed by atoms with E-state index < -0.39 is 102 Å². The van der Waals surface area contributed by atoms with Gasteiger partial charge in [0, 0.05) is 17.7 Å². The topological polar surface area (TPSA) is 260 Å². The van der Waals surface area contributed by atoms with Gasteiger partial charge in [-0.2, -0.15) is 0 Å². The molecule has 0 saturated carbocycles. The molecule has 3 heterocycles. The van der Waals surface area contributed by atoms with Crippen molar-refractivity contribution in [3.63, 3.8) is 0 Å². The van der Waals surface area contributed by atoms with Crippen LogP contribution >= 0.6 is 0 Å². The van der Waals surface area contributed by atoms with Gasteiger partial charge in [-0.3, -0.25) is 4.79 Å². The molecule has 2 aliphatic heterocycles. The van der Waals surface area contributed by atoms with E-state index in [9.17, 15) is 55.9 Å². The van der Waals surface area contributed by atoms with E-state index in [1.54, 1.807) is 0 Å². The molecule has 3 aromatic rings. The molecular formula is C27H30O15. The maximum absolute atomic E-state index is 13.1. The second-order valence-corrected chi connectivity index (χ2v) is 10.1. The standard InChI is InChI=1S/C27H30O15/c28-7-15-20(35)22(37)26(42-27-23(38)21(36)19(34)16(8-29)41-27)25(40-15)18-12(32)5-11(31)17-13(33)6-14(39-24(17)18)9-1-3-10(30)4-2-9/h1-6,15-16,19-23,25-32,34-38H,7-8H2. The number of hydrogen-bond acceptors (Lipinski definition) is 15. The fourth-order valence-corrected chi connectivity index (χ4v) is 5.17. The van der Waals surface area contributed by atoms with E-state index in [1.807, 2.05) is 0 Å². The fraction of sp³-hybridized carbons (Fsp3) is 0.444. The molecule has 5 rings (SSSR count). The summed E-state index contributed by atoms with van der Waals surface area (Å²) < 4.78 is 22.9. The van der Waals surface area contributed by atoms with Crippen LogP contribution in [-0.4, -0.2) is 119 Å². The van der Waals surface area contributed by atoms with Gasteiger partial charge < -0.3 is 69.7 Å². The predicted molar refractivity (Wildman–Crippen MR) is 138 cm³/mol. The summed E-state index contributed by atoms with van der Waals surface area (Å²) in [5.41, 5.74) is -1.21. The van der Waals surface area contributed by atoms with Crippen molar-refractivity contribution in [1.82, 2.24) is 0 Å². The van der Waals surface area contributed by atoms with Crippen molar-refractivity contribution in [2.24, 2.45) is 0 Å². The number of rotatable bonds is 6. The number of aliphatic hydroxyl groups excluding tert-OH is 7. The maximum atomic E-state index is 13.1. The highest BCUT2D eigenvalue weighted by atomic mass is 16.7. The molecule has 10 unspecified atom stereocenters. The fourth-order valence-electron chi connectivity index (χ4n) is 5.17. The molecule has 0 bridgehead atoms. The molecule has 0 aliphatic carbocycles. The highest BCUT2D eigenvalue weighted by Crippen LogP contribution is 2.45. The minimum Gasteiger partial charge on any atom is -0.508 e. The van der Waals surface area contributed by atoms with Crippen LogP contribution in [0, 0.1) is 0 Å². The zero-order valence-corrected chi connectivity index (χ0v) is 21.7. The zero-order valence-electron chi connectivity index (χ0n) is 21.7. The Morgan fingerprint density at radius 1 is 0.738 bits per heavy atom. The first-order valence-corrected chi connectivity index (χ1v) is 12.9. The Morgan fingerprint density at radius 3 is 2.00 bits per heavy atom. The van der Waals surface area contributed by atoms with E-state index in [4.69, 9.17) is 18.6 Å². The van der Waals surface area contributed by atoms with Crippen LogP contribution in [0.3, 0.4) is 0 Å². The summed E-state index contributed by atoms with van der Waals surface area (Å²) in [5, 5.41) is 103. The van der Waals surface area contributed by atoms with Crippen LogP contribution in [0.5, 0.6) is 17.2 Å². The molecule has 0 spiro atoms. The summed E-state index contributed by atoms with van der Waals surface area (Å²) in [4.78, 5) is 13.1. The average Bonchev–Trinajstić information content (AvgIpc) is 2.96. The Hall–Kier alpha value is -3.35. The van der Waals surface area contributed by atoms with Gasteiger partial charge >= 0.3 is 0 Å². The Kier molecular flexibility index (Phi) is 8.41. The predicted octanol–water partition coefficient (Wildman–Crippen LogP) is -2.08. The SMILES string of the molecule is O=c1cc(-c2ccc(O)cc2)oc2c(C3OC(CO)C(O)C(O)C3OC3OC(CO)C(O)C(O)C3O)c(O)cc(O)c12. The minimum atomic E-state index is -1.92. The third-order valence-electron chi connectivity index (χ3n) is 7.44. The normalized spacial score (nSPS) is 33.6. The van der Waals surface area contributed by atoms with Crippen molar-refractivity contribution in [3.05, 3.63) is 52.2 Å². The third kappa shape index (κ3) is 5.20. The van der Waals surface area contributed by atoms with E-state index >= 15 is 0 Å². The van der Waals surface area contributed by atoms with Crippen LogP contribution in [0.25, 0.3) is 22.3 Å². The van der Waals surface area contributed by atoms with Gasteiger partial charge in [-0.25, -0.2) is 0 Å². The van der Waals surface area contributed by atoms with Crippen LogP contribution in [0.15, 0.2) is 45.6 Å². The Bertz CT molecular complexity index is 1470. The average molecular weight is 595 g/mol. The molecule has 228 valence electrons. The molecule has 2 aliphatic rings. The number of aliphatic hydroxyl groups is 7. The van der Waals surface area contributed by atoms with Gasteiger partial charge in [0.05, 0.1) is 18.8 Å². The monoisotopic (exact) mass is 594 g/mol. The Labute approximate surface area is 236 Å². The summed E-state index contributed by atoms with van der Waals surface area (Å²) in [6.45, 7) is -1.61. The first-order chi connectivity index (χ1) is 20.0. The lowest BCUT2D eigenvalue weighted by atomic mass is 9.89. The number of benzene rings is 2. The summed E-state index contributed by atoms with van der Waals surface area (Å²) in [6.07, 6.45) is -17.3. The van der Waals surface area contributed by atoms with Crippen molar-refractivity contribution in [2.45, 2.75) is 61.2 Å². The van der Waals surface area contributed by atoms with Crippen molar-refractivity contribution in [1.29, 1.82) is 0 Å². The molecule has 2 aromatic carbocycles. The van der Waals surface area contributed by atoms with E-state index in [0.29, 0.717) is 5.56 Å². The molecule has 0 radical (unpaired) electrons. The second-order valence-electron chi connectivity index (χ2n) is 10.1. The van der Waals surface area contributed by atoms with Crippen molar-refractivity contribution in [2.75, 3.05) is 13.2 Å². The molecule has 1 aromatic heterocycles. The van der Waals surface area contributed by atoms with Gasteiger partial charge in [0.15, 0.2) is 17.3 Å². The smallest absolute Gasteiger partial charge is 0.197 e. The largest absolute Gasteiger partial charge is 0.508 e. The number of aromatic hydroxyl groups is 3. The molecule has 15 heteroatoms. The van der Waals surface area contributed by atoms with Crippen LogP contribution in [-0.2, 0) is 14.2 Å². The summed E-state index contributed by atoms with van der Waals surface area (Å²) in [7, 11) is 0. The minimum absolute atomic E-state index is 0.0553. The summed E-state index contributed by atoms with van der Waals surface area (Å²) in [6, 6.07) is 7.41. The highest BCUT2D eigenvalue weighted by molar-refractivity contribution is 5.89. The lowest BCUT2D eigenvalue weighted by Gasteiger charge is -2.46. The summed E-state index contributed by atoms with van der Waals surface area (Å²) >= 11 is 0. The molecule has 2 fully saturated rings. The maximum Gasteiger partial charge on any atom is 0.197 e. The number of fused-ring (bicyclic) bond motifs is 1. The molecule has 2 saturated heterocycles. The van der Waals surface area contributed by atoms with Crippen LogP contribution in [0.4, 0.5) is 0 Å². The van der Waals surface area contributed by atoms with Crippen LogP contribution < -0.4 is 5.43 Å². The number of phenolic OH excluding ortho intramolecular Hbond substituents is 3. The van der Waals surface area contributed by atoms with Crippen LogP contribution in [0.1, 0.15) is 11.7 Å². The Morgan fingerprint density at radius 2 is 1.36 bits per heavy atom. The van der Waals surface area contributed by atoms with E-state index in [-0.39, 0.29) is 17.1 Å². The number of ether oxygens (including phenoxy) is 3. The van der Waals surface area contributed by atoms with E-state index in [1.165, 1.54) is 24.3 Å². The first-order valence-electron chi connectivity index (χ1n) is 12.9. The molecule has 10 N–H and O–H groups in total. The van der Waals surface area contributed by atoms with Crippen molar-refractivity contribution < 1.29 is 69.7 Å². The lowest BCUT2D eigenvalue weighted by Crippen LogP contribution is -2.62. The first kappa shape index (κ1) is 30.1. The third-order valence-corrected chi connectivity index (χ3v) is 7.44. The van der Waals surface area contributed by atoms with Crippen molar-refractivity contribution >= 4 is 11.0 Å². The van der Waals surface area contributed by atoms with Crippen LogP contribution in [0.2, 0.25) is 0 Å². The van der Waals surface area contributed by atoms with Gasteiger partial charge in [0.2, 0.25) is 0 Å². The number of phenols is 3. The molecule has 15 nitrogen and oxygen atoms in total. The van der Waals surface area contributed by atoms with Gasteiger partial charge in [-0.15, -0.1) is 0 Å². The van der Waals surface area contributed by atoms with Gasteiger partial charge in [-0.05, 0) is 24.3 Å². The molecule has 0 amide bonds. The van der Waals surface area contributed by atoms with E-state index in [0.717, 1.165) is 12.1 Å². The lowest BCUT2D eigenvalue weighted by molar-refractivity contribution is -0.342. The zero-order chi connectivity index (χ0) is 30.5. The Balaban J connectivity index is 1.66. The second kappa shape index (κ2) is 11.7. The molecular weight excluding hydrogens is 564 g/mol. The quantitative estimate of drug-likeness (QED) is 0.147. The van der Waals surface area contributed by atoms with Gasteiger partial charge in [0.25, 0.3) is 0 Å². The van der Waals surface area contributed by atoms with E-state index in [2.05, 4.69) is 0 Å². The van der Waals surface area contributed by atoms with Crippen molar-refractivity contribution in [3.8, 4) is 28.6 Å². The van der Waals surface area contributed by atoms with Gasteiger partial charge in [0.1, 0.15) is 83.3 Å². The highest BCUT2D eigenvalue weighted by Gasteiger charge is 2.52. The summed E-state index contributed by atoms with van der Waals surface area (Å²) in [5.74, 6) is -1.50. The molecule has 42 heavy (non-hydrogen) atoms. The number of hydrogen-bond donors (Lipinski definition) is 10. The molecule has 10 atom stereocenters.